The van der Waals surface area contributed by atoms with E-state index in [1.165, 1.54) is 32.6 Å². The quantitative estimate of drug-likeness (QED) is 0.554. The van der Waals surface area contributed by atoms with Gasteiger partial charge in [0.25, 0.3) is 0 Å². The first-order chi connectivity index (χ1) is 5.36. The van der Waals surface area contributed by atoms with Crippen LogP contribution >= 0.6 is 0 Å². The number of nitrogens with zero attached hydrogens (tertiary/aromatic N) is 1. The summed E-state index contributed by atoms with van der Waals surface area (Å²) in [4.78, 5) is 2.57. The minimum absolute atomic E-state index is 0.833. The standard InChI is InChI=1S/C9H16N2/c1-8-2-4-11(5-3-8)9-6-10-7-9/h2,9-10H,3-7H2,1H3. The van der Waals surface area contributed by atoms with Crippen molar-refractivity contribution in [2.24, 2.45) is 0 Å². The van der Waals surface area contributed by atoms with Crippen molar-refractivity contribution >= 4 is 0 Å². The van der Waals surface area contributed by atoms with E-state index >= 15 is 0 Å². The van der Waals surface area contributed by atoms with Gasteiger partial charge in [-0.25, -0.2) is 0 Å². The molecule has 2 nitrogen and oxygen atoms in total. The Labute approximate surface area is 68.3 Å². The molecule has 0 aromatic rings. The molecule has 1 N–H and O–H groups in total. The highest BCUT2D eigenvalue weighted by atomic mass is 15.2. The Kier molecular flexibility index (Phi) is 1.96. The highest BCUT2D eigenvalue weighted by Crippen LogP contribution is 2.13. The van der Waals surface area contributed by atoms with E-state index in [9.17, 15) is 0 Å². The van der Waals surface area contributed by atoms with Crippen LogP contribution in [0.2, 0.25) is 0 Å². The molecule has 1 saturated heterocycles. The predicted octanol–water partition coefficient (Wildman–Crippen LogP) is 0.610. The molecule has 2 aliphatic heterocycles. The van der Waals surface area contributed by atoms with Crippen LogP contribution in [0.5, 0.6) is 0 Å². The molecule has 1 fully saturated rings. The first-order valence-corrected chi connectivity index (χ1v) is 4.46. The van der Waals surface area contributed by atoms with Crippen LogP contribution in [0.25, 0.3) is 0 Å². The summed E-state index contributed by atoms with van der Waals surface area (Å²) in [7, 11) is 0. The Bertz CT molecular complexity index is 170. The minimum Gasteiger partial charge on any atom is -0.314 e. The number of nitrogens with one attached hydrogen (secondary N) is 1. The average Bonchev–Trinajstić information content (AvgIpc) is 1.90. The average molecular weight is 152 g/mol. The zero-order valence-corrected chi connectivity index (χ0v) is 7.14. The maximum absolute atomic E-state index is 3.31. The van der Waals surface area contributed by atoms with Gasteiger partial charge < -0.3 is 5.32 Å². The van der Waals surface area contributed by atoms with Crippen molar-refractivity contribution in [3.63, 3.8) is 0 Å². The summed E-state index contributed by atoms with van der Waals surface area (Å²) < 4.78 is 0. The molecular weight excluding hydrogens is 136 g/mol. The SMILES string of the molecule is CC1=CCN(C2CNC2)CC1. The molecule has 0 spiro atoms. The lowest BCUT2D eigenvalue weighted by atomic mass is 10.1. The lowest BCUT2D eigenvalue weighted by molar-refractivity contribution is 0.157. The highest BCUT2D eigenvalue weighted by molar-refractivity contribution is 5.05. The molecule has 2 aliphatic rings. The lowest BCUT2D eigenvalue weighted by Crippen LogP contribution is -2.57. The van der Waals surface area contributed by atoms with Gasteiger partial charge >= 0.3 is 0 Å². The first-order valence-electron chi connectivity index (χ1n) is 4.46. The summed E-state index contributed by atoms with van der Waals surface area (Å²) in [6, 6.07) is 0.833. The normalized spacial score (nSPS) is 27.9. The van der Waals surface area contributed by atoms with Gasteiger partial charge in [-0.15, -0.1) is 0 Å². The molecule has 0 saturated carbocycles. The maximum atomic E-state index is 3.31. The summed E-state index contributed by atoms with van der Waals surface area (Å²) in [5, 5.41) is 3.31. The van der Waals surface area contributed by atoms with Crippen LogP contribution in [0.3, 0.4) is 0 Å². The van der Waals surface area contributed by atoms with Gasteiger partial charge in [-0.1, -0.05) is 11.6 Å². The third-order valence-corrected chi connectivity index (χ3v) is 2.74. The van der Waals surface area contributed by atoms with E-state index in [-0.39, 0.29) is 0 Å². The van der Waals surface area contributed by atoms with Crippen LogP contribution in [0.15, 0.2) is 11.6 Å². The molecule has 62 valence electrons. The van der Waals surface area contributed by atoms with Gasteiger partial charge in [-0.05, 0) is 13.3 Å². The van der Waals surface area contributed by atoms with Gasteiger partial charge in [0.05, 0.1) is 0 Å². The molecule has 0 aliphatic carbocycles. The Balaban J connectivity index is 1.87. The van der Waals surface area contributed by atoms with Crippen molar-refractivity contribution in [3.05, 3.63) is 11.6 Å². The topological polar surface area (TPSA) is 15.3 Å². The predicted molar refractivity (Wildman–Crippen MR) is 46.6 cm³/mol. The van der Waals surface area contributed by atoms with Gasteiger partial charge in [0.2, 0.25) is 0 Å². The van der Waals surface area contributed by atoms with Crippen LogP contribution < -0.4 is 5.32 Å². The van der Waals surface area contributed by atoms with Gasteiger partial charge in [0.15, 0.2) is 0 Å². The van der Waals surface area contributed by atoms with E-state index < -0.39 is 0 Å². The first kappa shape index (κ1) is 7.32. The van der Waals surface area contributed by atoms with Gasteiger partial charge in [0.1, 0.15) is 0 Å². The summed E-state index contributed by atoms with van der Waals surface area (Å²) >= 11 is 0. The van der Waals surface area contributed by atoms with Crippen LogP contribution in [0.4, 0.5) is 0 Å². The van der Waals surface area contributed by atoms with Crippen molar-refractivity contribution in [2.75, 3.05) is 26.2 Å². The number of rotatable bonds is 1. The van der Waals surface area contributed by atoms with Crippen molar-refractivity contribution in [2.45, 2.75) is 19.4 Å². The van der Waals surface area contributed by atoms with E-state index in [1.54, 1.807) is 5.57 Å². The maximum Gasteiger partial charge on any atom is 0.0348 e. The Morgan fingerprint density at radius 2 is 2.36 bits per heavy atom. The molecule has 0 bridgehead atoms. The number of hydrogen-bond donors (Lipinski definition) is 1. The van der Waals surface area contributed by atoms with E-state index in [0.717, 1.165) is 6.04 Å². The van der Waals surface area contributed by atoms with E-state index in [1.807, 2.05) is 0 Å². The molecule has 2 heterocycles. The monoisotopic (exact) mass is 152 g/mol. The summed E-state index contributed by atoms with van der Waals surface area (Å²) in [5.41, 5.74) is 1.56. The molecule has 0 unspecified atom stereocenters. The molecule has 2 heteroatoms. The largest absolute Gasteiger partial charge is 0.314 e. The minimum atomic E-state index is 0.833. The summed E-state index contributed by atoms with van der Waals surface area (Å²) in [6.45, 7) is 7.09. The highest BCUT2D eigenvalue weighted by Gasteiger charge is 2.24. The Morgan fingerprint density at radius 1 is 1.55 bits per heavy atom. The zero-order chi connectivity index (χ0) is 7.68. The van der Waals surface area contributed by atoms with Gasteiger partial charge in [-0.3, -0.25) is 4.90 Å². The molecule has 0 aromatic carbocycles. The summed E-state index contributed by atoms with van der Waals surface area (Å²) in [5.74, 6) is 0. The zero-order valence-electron chi connectivity index (χ0n) is 7.14. The molecule has 0 radical (unpaired) electrons. The van der Waals surface area contributed by atoms with E-state index in [0.29, 0.717) is 0 Å². The van der Waals surface area contributed by atoms with Crippen LogP contribution in [0.1, 0.15) is 13.3 Å². The fourth-order valence-electron chi connectivity index (χ4n) is 1.65. The molecular formula is C9H16N2. The smallest absolute Gasteiger partial charge is 0.0348 e. The fraction of sp³-hybridized carbons (Fsp3) is 0.778. The van der Waals surface area contributed by atoms with E-state index in [4.69, 9.17) is 0 Å². The molecule has 0 atom stereocenters. The second-order valence-electron chi connectivity index (χ2n) is 3.61. The third kappa shape index (κ3) is 1.47. The number of hydrogen-bond acceptors (Lipinski definition) is 2. The van der Waals surface area contributed by atoms with Crippen molar-refractivity contribution in [1.29, 1.82) is 0 Å². The third-order valence-electron chi connectivity index (χ3n) is 2.74. The van der Waals surface area contributed by atoms with Crippen LogP contribution in [-0.4, -0.2) is 37.1 Å². The second-order valence-corrected chi connectivity index (χ2v) is 3.61. The fourth-order valence-corrected chi connectivity index (χ4v) is 1.65. The molecule has 2 rings (SSSR count). The van der Waals surface area contributed by atoms with Gasteiger partial charge in [-0.2, -0.15) is 0 Å². The lowest BCUT2D eigenvalue weighted by Gasteiger charge is -2.39. The Hall–Kier alpha value is -0.340. The van der Waals surface area contributed by atoms with Crippen LogP contribution in [0, 0.1) is 0 Å². The Morgan fingerprint density at radius 3 is 2.82 bits per heavy atom. The molecule has 0 aromatic heterocycles. The van der Waals surface area contributed by atoms with Crippen molar-refractivity contribution in [1.82, 2.24) is 10.2 Å². The summed E-state index contributed by atoms with van der Waals surface area (Å²) in [6.07, 6.45) is 3.64. The van der Waals surface area contributed by atoms with Crippen molar-refractivity contribution in [3.8, 4) is 0 Å². The van der Waals surface area contributed by atoms with Crippen molar-refractivity contribution < 1.29 is 0 Å². The van der Waals surface area contributed by atoms with Crippen LogP contribution in [-0.2, 0) is 0 Å². The molecule has 11 heavy (non-hydrogen) atoms. The van der Waals surface area contributed by atoms with E-state index in [2.05, 4.69) is 23.2 Å². The van der Waals surface area contributed by atoms with Gasteiger partial charge in [0, 0.05) is 32.2 Å². The molecule has 0 amide bonds. The second kappa shape index (κ2) is 2.95.